The van der Waals surface area contributed by atoms with E-state index in [1.165, 1.54) is 4.68 Å². The fourth-order valence-corrected chi connectivity index (χ4v) is 3.41. The fourth-order valence-electron chi connectivity index (χ4n) is 2.35. The summed E-state index contributed by atoms with van der Waals surface area (Å²) in [6.07, 6.45) is 6.82. The maximum absolute atomic E-state index is 12.7. The molecule has 130 valence electrons. The number of ether oxygens (including phenoxy) is 1. The van der Waals surface area contributed by atoms with Crippen LogP contribution in [0.3, 0.4) is 0 Å². The molecule has 0 aliphatic rings. The van der Waals surface area contributed by atoms with E-state index in [1.54, 1.807) is 25.3 Å². The lowest BCUT2D eigenvalue weighted by molar-refractivity contribution is 0.368. The first-order valence-corrected chi connectivity index (χ1v) is 9.46. The summed E-state index contributed by atoms with van der Waals surface area (Å²) in [6, 6.07) is 11.0. The van der Waals surface area contributed by atoms with Gasteiger partial charge in [-0.25, -0.2) is 4.98 Å². The van der Waals surface area contributed by atoms with Crippen LogP contribution in [0.15, 0.2) is 50.8 Å². The van der Waals surface area contributed by atoms with Crippen molar-refractivity contribution in [2.24, 2.45) is 5.10 Å². The molecular weight excluding hydrogens is 509 g/mol. The highest BCUT2D eigenvalue weighted by atomic mass is 127. The van der Waals surface area contributed by atoms with E-state index in [2.05, 4.69) is 54.5 Å². The van der Waals surface area contributed by atoms with Gasteiger partial charge in [-0.1, -0.05) is 21.9 Å². The highest BCUT2D eigenvalue weighted by Gasteiger charge is 2.08. The maximum Gasteiger partial charge on any atom is 0.282 e. The van der Waals surface area contributed by atoms with E-state index in [0.717, 1.165) is 13.6 Å². The molecule has 0 amide bonds. The van der Waals surface area contributed by atoms with Gasteiger partial charge in [0.2, 0.25) is 0 Å². The number of terminal acetylenes is 1. The van der Waals surface area contributed by atoms with Gasteiger partial charge in [-0.15, -0.1) is 6.42 Å². The lowest BCUT2D eigenvalue weighted by Gasteiger charge is -2.07. The molecule has 0 N–H and O–H groups in total. The van der Waals surface area contributed by atoms with Crippen molar-refractivity contribution in [2.75, 3.05) is 6.61 Å². The van der Waals surface area contributed by atoms with Gasteiger partial charge in [0.1, 0.15) is 18.2 Å². The normalized spacial score (nSPS) is 11.0. The van der Waals surface area contributed by atoms with Crippen molar-refractivity contribution in [2.45, 2.75) is 6.92 Å². The average molecular weight is 522 g/mol. The van der Waals surface area contributed by atoms with E-state index in [1.807, 2.05) is 24.3 Å². The van der Waals surface area contributed by atoms with Crippen LogP contribution in [0.25, 0.3) is 10.9 Å². The largest absolute Gasteiger partial charge is 0.480 e. The second kappa shape index (κ2) is 8.01. The van der Waals surface area contributed by atoms with Crippen LogP contribution in [0.4, 0.5) is 0 Å². The van der Waals surface area contributed by atoms with Crippen molar-refractivity contribution in [3.05, 3.63) is 66.2 Å². The first-order chi connectivity index (χ1) is 12.5. The molecule has 1 heterocycles. The number of halogens is 2. The summed E-state index contributed by atoms with van der Waals surface area (Å²) in [5.74, 6) is 3.67. The number of aryl methyl sites for hydroxylation is 1. The van der Waals surface area contributed by atoms with Crippen LogP contribution in [-0.2, 0) is 0 Å². The molecule has 1 aromatic heterocycles. The Bertz CT molecular complexity index is 1120. The van der Waals surface area contributed by atoms with Gasteiger partial charge in [0.05, 0.1) is 20.7 Å². The summed E-state index contributed by atoms with van der Waals surface area (Å²) in [4.78, 5) is 17.2. The van der Waals surface area contributed by atoms with Gasteiger partial charge in [-0.3, -0.25) is 4.79 Å². The van der Waals surface area contributed by atoms with Crippen molar-refractivity contribution in [1.82, 2.24) is 9.66 Å². The van der Waals surface area contributed by atoms with Crippen molar-refractivity contribution in [3.8, 4) is 18.1 Å². The van der Waals surface area contributed by atoms with Crippen LogP contribution in [0.2, 0.25) is 0 Å². The number of fused-ring (bicyclic) bond motifs is 1. The summed E-state index contributed by atoms with van der Waals surface area (Å²) >= 11 is 5.55. The summed E-state index contributed by atoms with van der Waals surface area (Å²) in [5, 5.41) is 4.82. The van der Waals surface area contributed by atoms with E-state index in [9.17, 15) is 4.79 Å². The number of benzene rings is 2. The fraction of sp³-hybridized carbons (Fsp3) is 0.105. The molecule has 0 saturated heterocycles. The summed E-state index contributed by atoms with van der Waals surface area (Å²) in [7, 11) is 0. The molecule has 0 spiro atoms. The van der Waals surface area contributed by atoms with Gasteiger partial charge in [-0.05, 0) is 71.5 Å². The second-order valence-corrected chi connectivity index (χ2v) is 7.44. The monoisotopic (exact) mass is 521 g/mol. The van der Waals surface area contributed by atoms with Gasteiger partial charge in [0, 0.05) is 4.47 Å². The Morgan fingerprint density at radius 1 is 1.38 bits per heavy atom. The standard InChI is InChI=1S/C19H13BrIN3O2/c1-3-8-26-18-7-4-13(9-16(18)21)11-22-24-12(2)23-17-6-5-14(20)10-15(17)19(24)25/h1,4-7,9-11H,8H2,2H3. The van der Waals surface area contributed by atoms with E-state index < -0.39 is 0 Å². The Labute approximate surface area is 172 Å². The third-order valence-electron chi connectivity index (χ3n) is 3.56. The second-order valence-electron chi connectivity index (χ2n) is 5.36. The Hall–Kier alpha value is -2.18. The van der Waals surface area contributed by atoms with Crippen LogP contribution in [0.5, 0.6) is 5.75 Å². The minimum absolute atomic E-state index is 0.214. The Morgan fingerprint density at radius 2 is 2.19 bits per heavy atom. The minimum Gasteiger partial charge on any atom is -0.480 e. The molecule has 5 nitrogen and oxygen atoms in total. The quantitative estimate of drug-likeness (QED) is 0.296. The molecule has 3 aromatic rings. The summed E-state index contributed by atoms with van der Waals surface area (Å²) in [5.41, 5.74) is 1.27. The third-order valence-corrected chi connectivity index (χ3v) is 4.90. The zero-order valence-electron chi connectivity index (χ0n) is 13.7. The molecule has 0 aliphatic heterocycles. The van der Waals surface area contributed by atoms with E-state index >= 15 is 0 Å². The molecule has 0 bridgehead atoms. The first-order valence-electron chi connectivity index (χ1n) is 7.58. The van der Waals surface area contributed by atoms with Gasteiger partial charge >= 0.3 is 0 Å². The topological polar surface area (TPSA) is 56.5 Å². The molecule has 0 radical (unpaired) electrons. The van der Waals surface area contributed by atoms with Crippen molar-refractivity contribution < 1.29 is 4.74 Å². The van der Waals surface area contributed by atoms with Crippen LogP contribution >= 0.6 is 38.5 Å². The smallest absolute Gasteiger partial charge is 0.282 e. The predicted molar refractivity (Wildman–Crippen MR) is 115 cm³/mol. The minimum atomic E-state index is -0.214. The third kappa shape index (κ3) is 3.97. The highest BCUT2D eigenvalue weighted by molar-refractivity contribution is 14.1. The molecule has 0 fully saturated rings. The number of aromatic nitrogens is 2. The average Bonchev–Trinajstić information content (AvgIpc) is 2.61. The van der Waals surface area contributed by atoms with Crippen LogP contribution in [0.1, 0.15) is 11.4 Å². The van der Waals surface area contributed by atoms with Crippen molar-refractivity contribution >= 4 is 55.6 Å². The zero-order valence-corrected chi connectivity index (χ0v) is 17.5. The van der Waals surface area contributed by atoms with Crippen LogP contribution in [-0.4, -0.2) is 22.5 Å². The van der Waals surface area contributed by atoms with Gasteiger partial charge in [0.25, 0.3) is 5.56 Å². The summed E-state index contributed by atoms with van der Waals surface area (Å²) in [6.45, 7) is 1.97. The predicted octanol–water partition coefficient (Wildman–Crippen LogP) is 3.97. The van der Waals surface area contributed by atoms with Crippen molar-refractivity contribution in [1.29, 1.82) is 0 Å². The summed E-state index contributed by atoms with van der Waals surface area (Å²) < 4.78 is 8.47. The van der Waals surface area contributed by atoms with E-state index in [0.29, 0.717) is 22.5 Å². The van der Waals surface area contributed by atoms with E-state index in [-0.39, 0.29) is 12.2 Å². The Morgan fingerprint density at radius 3 is 2.92 bits per heavy atom. The lowest BCUT2D eigenvalue weighted by atomic mass is 10.2. The lowest BCUT2D eigenvalue weighted by Crippen LogP contribution is -2.20. The molecular formula is C19H13BrIN3O2. The first kappa shape index (κ1) is 18.6. The molecule has 0 unspecified atom stereocenters. The molecule has 0 saturated carbocycles. The van der Waals surface area contributed by atoms with Gasteiger partial charge in [-0.2, -0.15) is 9.78 Å². The molecule has 0 atom stereocenters. The van der Waals surface area contributed by atoms with Gasteiger partial charge in [0.15, 0.2) is 0 Å². The number of hydrogen-bond donors (Lipinski definition) is 0. The van der Waals surface area contributed by atoms with Gasteiger partial charge < -0.3 is 4.74 Å². The van der Waals surface area contributed by atoms with Crippen molar-refractivity contribution in [3.63, 3.8) is 0 Å². The highest BCUT2D eigenvalue weighted by Crippen LogP contribution is 2.21. The molecule has 7 heteroatoms. The molecule has 3 rings (SSSR count). The number of hydrogen-bond acceptors (Lipinski definition) is 4. The molecule has 2 aromatic carbocycles. The maximum atomic E-state index is 12.7. The molecule has 26 heavy (non-hydrogen) atoms. The number of nitrogens with zero attached hydrogens (tertiary/aromatic N) is 3. The van der Waals surface area contributed by atoms with E-state index in [4.69, 9.17) is 11.2 Å². The van der Waals surface area contributed by atoms with Crippen LogP contribution in [0, 0.1) is 22.8 Å². The molecule has 0 aliphatic carbocycles. The Balaban J connectivity index is 1.97. The van der Waals surface area contributed by atoms with Crippen LogP contribution < -0.4 is 10.3 Å². The SMILES string of the molecule is C#CCOc1ccc(C=Nn2c(C)nc3ccc(Br)cc3c2=O)cc1I. The Kier molecular flexibility index (Phi) is 5.74. The zero-order chi connectivity index (χ0) is 18.7. The number of rotatable bonds is 4.